The molecule has 3 rings (SSSR count). The molecule has 1 aliphatic rings. The Labute approximate surface area is 111 Å². The molecule has 0 unspecified atom stereocenters. The number of benzene rings is 1. The number of thioether (sulfide) groups is 1. The van der Waals surface area contributed by atoms with Crippen LogP contribution < -0.4 is 0 Å². The normalized spacial score (nSPS) is 18.2. The van der Waals surface area contributed by atoms with Crippen molar-refractivity contribution in [2.45, 2.75) is 24.5 Å². The van der Waals surface area contributed by atoms with Crippen molar-refractivity contribution in [3.63, 3.8) is 0 Å². The van der Waals surface area contributed by atoms with Gasteiger partial charge in [-0.05, 0) is 36.1 Å². The molecule has 1 heterocycles. The fourth-order valence-corrected chi connectivity index (χ4v) is 3.86. The summed E-state index contributed by atoms with van der Waals surface area (Å²) in [4.78, 5) is 4.48. The number of hydrogen-bond acceptors (Lipinski definition) is 4. The molecule has 0 bridgehead atoms. The topological polar surface area (TPSA) is 26.0 Å². The Morgan fingerprint density at radius 1 is 1.35 bits per heavy atom. The van der Waals surface area contributed by atoms with Gasteiger partial charge in [0, 0.05) is 5.75 Å². The molecule has 0 spiro atoms. The third kappa shape index (κ3) is 2.20. The van der Waals surface area contributed by atoms with E-state index < -0.39 is 0 Å². The molecule has 0 saturated heterocycles. The highest BCUT2D eigenvalue weighted by atomic mass is 32.2. The van der Waals surface area contributed by atoms with Crippen LogP contribution in [-0.4, -0.2) is 16.5 Å². The molecule has 0 atom stereocenters. The van der Waals surface area contributed by atoms with Gasteiger partial charge in [-0.1, -0.05) is 30.3 Å². The number of aromatic nitrogens is 1. The van der Waals surface area contributed by atoms with Gasteiger partial charge in [0.05, 0.1) is 0 Å². The molecule has 0 radical (unpaired) electrons. The zero-order valence-corrected chi connectivity index (χ0v) is 11.3. The summed E-state index contributed by atoms with van der Waals surface area (Å²) in [6, 6.07) is 7.91. The van der Waals surface area contributed by atoms with Crippen LogP contribution in [0.2, 0.25) is 0 Å². The largest absolute Gasteiger partial charge is 0.431 e. The summed E-state index contributed by atoms with van der Waals surface area (Å²) in [5.74, 6) is 2.05. The number of hydrogen-bond donors (Lipinski definition) is 1. The summed E-state index contributed by atoms with van der Waals surface area (Å²) >= 11 is 6.19. The fraction of sp³-hybridized carbons (Fsp3) is 0.462. The first-order chi connectivity index (χ1) is 8.31. The molecule has 1 aromatic heterocycles. The number of thiol groups is 1. The van der Waals surface area contributed by atoms with Crippen molar-refractivity contribution in [1.29, 1.82) is 0 Å². The van der Waals surface area contributed by atoms with E-state index >= 15 is 0 Å². The number of oxazole rings is 1. The smallest absolute Gasteiger partial charge is 0.256 e. The van der Waals surface area contributed by atoms with E-state index in [0.717, 1.165) is 27.8 Å². The number of nitrogens with zero attached hydrogens (tertiary/aromatic N) is 1. The summed E-state index contributed by atoms with van der Waals surface area (Å²) in [7, 11) is 0. The van der Waals surface area contributed by atoms with Gasteiger partial charge in [-0.15, -0.1) is 0 Å². The van der Waals surface area contributed by atoms with E-state index in [-0.39, 0.29) is 0 Å². The van der Waals surface area contributed by atoms with Crippen LogP contribution in [0.25, 0.3) is 11.1 Å². The molecular weight excluding hydrogens is 250 g/mol. The second kappa shape index (κ2) is 4.58. The molecule has 1 aromatic carbocycles. The van der Waals surface area contributed by atoms with Crippen molar-refractivity contribution in [1.82, 2.24) is 4.98 Å². The predicted octanol–water partition coefficient (Wildman–Crippen LogP) is 4.02. The monoisotopic (exact) mass is 265 g/mol. The third-order valence-electron chi connectivity index (χ3n) is 3.53. The molecule has 0 aliphatic heterocycles. The Hall–Kier alpha value is -0.610. The first kappa shape index (κ1) is 11.5. The van der Waals surface area contributed by atoms with Crippen molar-refractivity contribution in [3.8, 4) is 0 Å². The lowest BCUT2D eigenvalue weighted by atomic mass is 9.72. The Morgan fingerprint density at radius 3 is 2.82 bits per heavy atom. The van der Waals surface area contributed by atoms with Crippen LogP contribution in [0.3, 0.4) is 0 Å². The second-order valence-electron chi connectivity index (χ2n) is 4.75. The van der Waals surface area contributed by atoms with Crippen LogP contribution in [0, 0.1) is 5.41 Å². The molecule has 0 amide bonds. The van der Waals surface area contributed by atoms with Crippen molar-refractivity contribution < 1.29 is 4.42 Å². The van der Waals surface area contributed by atoms with Gasteiger partial charge < -0.3 is 4.42 Å². The molecule has 90 valence electrons. The summed E-state index contributed by atoms with van der Waals surface area (Å²) in [5, 5.41) is 0.791. The van der Waals surface area contributed by atoms with E-state index in [1.54, 1.807) is 11.8 Å². The lowest BCUT2D eigenvalue weighted by Crippen LogP contribution is -2.33. The van der Waals surface area contributed by atoms with Crippen LogP contribution in [-0.2, 0) is 0 Å². The van der Waals surface area contributed by atoms with Crippen LogP contribution >= 0.6 is 24.4 Å². The molecule has 2 aromatic rings. The minimum atomic E-state index is 0.425. The average molecular weight is 265 g/mol. The highest BCUT2D eigenvalue weighted by molar-refractivity contribution is 7.99. The average Bonchev–Trinajstić information content (AvgIpc) is 2.71. The van der Waals surface area contributed by atoms with Gasteiger partial charge in [-0.2, -0.15) is 12.6 Å². The van der Waals surface area contributed by atoms with Gasteiger partial charge in [0.25, 0.3) is 5.22 Å². The zero-order chi connectivity index (χ0) is 11.7. The van der Waals surface area contributed by atoms with Crippen molar-refractivity contribution in [3.05, 3.63) is 24.3 Å². The molecule has 4 heteroatoms. The molecule has 0 N–H and O–H groups in total. The molecule has 1 fully saturated rings. The summed E-state index contributed by atoms with van der Waals surface area (Å²) in [6.45, 7) is 0. The zero-order valence-electron chi connectivity index (χ0n) is 9.56. The Bertz CT molecular complexity index is 480. The van der Waals surface area contributed by atoms with Crippen LogP contribution in [0.1, 0.15) is 19.3 Å². The van der Waals surface area contributed by atoms with E-state index in [4.69, 9.17) is 4.42 Å². The second-order valence-corrected chi connectivity index (χ2v) is 5.99. The molecule has 2 nitrogen and oxygen atoms in total. The summed E-state index contributed by atoms with van der Waals surface area (Å²) < 4.78 is 5.70. The Morgan fingerprint density at radius 2 is 2.18 bits per heavy atom. The SMILES string of the molecule is SCC1(CSc2nc3ccccc3o2)CCC1. The summed E-state index contributed by atoms with van der Waals surface area (Å²) in [5.41, 5.74) is 2.25. The quantitative estimate of drug-likeness (QED) is 0.668. The number of para-hydroxylation sites is 2. The Kier molecular flexibility index (Phi) is 3.09. The molecule has 17 heavy (non-hydrogen) atoms. The van der Waals surface area contributed by atoms with Crippen molar-refractivity contribution in [2.24, 2.45) is 5.41 Å². The van der Waals surface area contributed by atoms with Gasteiger partial charge in [0.15, 0.2) is 5.58 Å². The van der Waals surface area contributed by atoms with Gasteiger partial charge in [-0.3, -0.25) is 0 Å². The summed E-state index contributed by atoms with van der Waals surface area (Å²) in [6.07, 6.45) is 3.93. The van der Waals surface area contributed by atoms with E-state index in [0.29, 0.717) is 5.41 Å². The Balaban J connectivity index is 1.72. The minimum Gasteiger partial charge on any atom is -0.431 e. The maximum absolute atomic E-state index is 5.70. The maximum atomic E-state index is 5.70. The lowest BCUT2D eigenvalue weighted by Gasteiger charge is -2.40. The van der Waals surface area contributed by atoms with Gasteiger partial charge in [0.2, 0.25) is 0 Å². The van der Waals surface area contributed by atoms with Crippen molar-refractivity contribution >= 4 is 35.5 Å². The molecular formula is C13H15NOS2. The lowest BCUT2D eigenvalue weighted by molar-refractivity contribution is 0.205. The highest BCUT2D eigenvalue weighted by Gasteiger charge is 2.35. The van der Waals surface area contributed by atoms with Gasteiger partial charge >= 0.3 is 0 Å². The van der Waals surface area contributed by atoms with Crippen molar-refractivity contribution in [2.75, 3.05) is 11.5 Å². The first-order valence-electron chi connectivity index (χ1n) is 5.91. The van der Waals surface area contributed by atoms with Gasteiger partial charge in [-0.25, -0.2) is 4.98 Å². The van der Waals surface area contributed by atoms with E-state index in [1.165, 1.54) is 19.3 Å². The predicted molar refractivity (Wildman–Crippen MR) is 74.9 cm³/mol. The standard InChI is InChI=1S/C13H15NOS2/c16-8-13(6-3-7-13)9-17-12-14-10-4-1-2-5-11(10)15-12/h1-2,4-5,16H,3,6-9H2. The maximum Gasteiger partial charge on any atom is 0.256 e. The molecule has 1 saturated carbocycles. The third-order valence-corrected chi connectivity index (χ3v) is 5.37. The van der Waals surface area contributed by atoms with Crippen LogP contribution in [0.4, 0.5) is 0 Å². The minimum absolute atomic E-state index is 0.425. The number of fused-ring (bicyclic) bond motifs is 1. The van der Waals surface area contributed by atoms with Crippen LogP contribution in [0.5, 0.6) is 0 Å². The first-order valence-corrected chi connectivity index (χ1v) is 7.52. The van der Waals surface area contributed by atoms with E-state index in [9.17, 15) is 0 Å². The molecule has 1 aliphatic carbocycles. The highest BCUT2D eigenvalue weighted by Crippen LogP contribution is 2.45. The fourth-order valence-electron chi connectivity index (χ4n) is 2.15. The van der Waals surface area contributed by atoms with E-state index in [1.807, 2.05) is 24.3 Å². The number of rotatable bonds is 4. The van der Waals surface area contributed by atoms with Crippen LogP contribution in [0.15, 0.2) is 33.9 Å². The van der Waals surface area contributed by atoms with E-state index in [2.05, 4.69) is 17.6 Å². The van der Waals surface area contributed by atoms with Gasteiger partial charge in [0.1, 0.15) is 5.52 Å².